The van der Waals surface area contributed by atoms with Crippen LogP contribution in [-0.4, -0.2) is 39.1 Å². The normalized spacial score (nSPS) is 22.4. The molecule has 1 aliphatic rings. The molecule has 116 valence electrons. The minimum atomic E-state index is -0.339. The molecule has 6 nitrogen and oxygen atoms in total. The fraction of sp³-hybridized carbons (Fsp3) is 0.643. The van der Waals surface area contributed by atoms with Gasteiger partial charge in [0.15, 0.2) is 0 Å². The van der Waals surface area contributed by atoms with E-state index in [1.165, 1.54) is 0 Å². The lowest BCUT2D eigenvalue weighted by Crippen LogP contribution is -2.49. The zero-order valence-corrected chi connectivity index (χ0v) is 13.4. The lowest BCUT2D eigenvalue weighted by molar-refractivity contribution is -0.138. The Morgan fingerprint density at radius 2 is 2.05 bits per heavy atom. The number of primary amides is 1. The van der Waals surface area contributed by atoms with Crippen LogP contribution in [0.5, 0.6) is 0 Å². The number of carbonyl (C=O) groups is 2. The maximum Gasteiger partial charge on any atom is 0.244 e. The average Bonchev–Trinajstić information content (AvgIpc) is 2.66. The van der Waals surface area contributed by atoms with E-state index in [-0.39, 0.29) is 30.3 Å². The number of carbonyl (C=O) groups excluding carboxylic acids is 2. The third-order valence-electron chi connectivity index (χ3n) is 4.18. The molecule has 0 saturated carbocycles. The van der Waals surface area contributed by atoms with Crippen LogP contribution in [0.4, 0.5) is 0 Å². The van der Waals surface area contributed by atoms with Gasteiger partial charge in [0.1, 0.15) is 6.54 Å². The highest BCUT2D eigenvalue weighted by atomic mass is 35.5. The molecule has 21 heavy (non-hydrogen) atoms. The van der Waals surface area contributed by atoms with E-state index in [0.717, 1.165) is 18.5 Å². The van der Waals surface area contributed by atoms with Gasteiger partial charge in [-0.15, -0.1) is 0 Å². The number of hydrogen-bond acceptors (Lipinski definition) is 3. The second-order valence-corrected chi connectivity index (χ2v) is 6.09. The van der Waals surface area contributed by atoms with E-state index in [9.17, 15) is 9.59 Å². The minimum absolute atomic E-state index is 0.0595. The van der Waals surface area contributed by atoms with Gasteiger partial charge in [0, 0.05) is 12.6 Å². The molecular weight excluding hydrogens is 292 g/mol. The molecule has 0 radical (unpaired) electrons. The number of halogens is 1. The predicted octanol–water partition coefficient (Wildman–Crippen LogP) is 1.27. The van der Waals surface area contributed by atoms with E-state index >= 15 is 0 Å². The maximum absolute atomic E-state index is 12.5. The van der Waals surface area contributed by atoms with Crippen LogP contribution in [0.15, 0.2) is 0 Å². The van der Waals surface area contributed by atoms with Crippen LogP contribution < -0.4 is 5.73 Å². The molecule has 0 unspecified atom stereocenters. The van der Waals surface area contributed by atoms with Crippen molar-refractivity contribution in [1.29, 1.82) is 0 Å². The van der Waals surface area contributed by atoms with Crippen LogP contribution in [0.2, 0.25) is 5.02 Å². The zero-order chi connectivity index (χ0) is 15.7. The SMILES string of the molecule is Cc1nn(CC(=O)N2C[C@H](C(N)=O)CC[C@H]2C)c(C)c1Cl. The molecule has 0 bridgehead atoms. The molecule has 2 N–H and O–H groups in total. The summed E-state index contributed by atoms with van der Waals surface area (Å²) in [6, 6.07) is 0.112. The Balaban J connectivity index is 2.11. The Morgan fingerprint density at radius 3 is 2.57 bits per heavy atom. The van der Waals surface area contributed by atoms with Crippen LogP contribution in [0.3, 0.4) is 0 Å². The van der Waals surface area contributed by atoms with Crippen molar-refractivity contribution < 1.29 is 9.59 Å². The number of rotatable bonds is 3. The first-order valence-corrected chi connectivity index (χ1v) is 7.47. The Morgan fingerprint density at radius 1 is 1.38 bits per heavy atom. The molecule has 1 aromatic rings. The smallest absolute Gasteiger partial charge is 0.244 e. The largest absolute Gasteiger partial charge is 0.369 e. The highest BCUT2D eigenvalue weighted by molar-refractivity contribution is 6.31. The standard InChI is InChI=1S/C14H21ClN4O2/c1-8-4-5-11(14(16)21)6-18(8)12(20)7-19-10(3)13(15)9(2)17-19/h8,11H,4-7H2,1-3H3,(H2,16,21)/t8-,11-/m1/s1. The number of aromatic nitrogens is 2. The molecule has 1 aliphatic heterocycles. The summed E-state index contributed by atoms with van der Waals surface area (Å²) in [6.45, 7) is 6.16. The maximum atomic E-state index is 12.5. The molecule has 2 atom stereocenters. The number of likely N-dealkylation sites (tertiary alicyclic amines) is 1. The van der Waals surface area contributed by atoms with Crippen LogP contribution in [0.25, 0.3) is 0 Å². The number of hydrogen-bond donors (Lipinski definition) is 1. The molecule has 0 spiro atoms. The summed E-state index contributed by atoms with van der Waals surface area (Å²) >= 11 is 6.09. The molecule has 1 saturated heterocycles. The van der Waals surface area contributed by atoms with Crippen LogP contribution >= 0.6 is 11.6 Å². The molecule has 1 fully saturated rings. The molecule has 1 aromatic heterocycles. The summed E-state index contributed by atoms with van der Waals surface area (Å²) < 4.78 is 1.61. The summed E-state index contributed by atoms with van der Waals surface area (Å²) in [7, 11) is 0. The van der Waals surface area contributed by atoms with Crippen LogP contribution in [0.1, 0.15) is 31.2 Å². The number of piperidine rings is 1. The summed E-state index contributed by atoms with van der Waals surface area (Å²) in [5.41, 5.74) is 6.85. The second kappa shape index (κ2) is 6.05. The fourth-order valence-electron chi connectivity index (χ4n) is 2.73. The van der Waals surface area contributed by atoms with Gasteiger partial charge < -0.3 is 10.6 Å². The summed E-state index contributed by atoms with van der Waals surface area (Å²) in [5, 5.41) is 4.86. The number of nitrogens with zero attached hydrogens (tertiary/aromatic N) is 3. The van der Waals surface area contributed by atoms with Gasteiger partial charge in [-0.25, -0.2) is 0 Å². The average molecular weight is 313 g/mol. The second-order valence-electron chi connectivity index (χ2n) is 5.71. The molecule has 0 aliphatic carbocycles. The first-order valence-electron chi connectivity index (χ1n) is 7.09. The predicted molar refractivity (Wildman–Crippen MR) is 79.8 cm³/mol. The molecule has 2 rings (SSSR count). The van der Waals surface area contributed by atoms with Gasteiger partial charge in [-0.2, -0.15) is 5.10 Å². The summed E-state index contributed by atoms with van der Waals surface area (Å²) in [4.78, 5) is 25.6. The van der Waals surface area contributed by atoms with Crippen LogP contribution in [0, 0.1) is 19.8 Å². The van der Waals surface area contributed by atoms with Crippen LogP contribution in [-0.2, 0) is 16.1 Å². The molecule has 2 heterocycles. The lowest BCUT2D eigenvalue weighted by atomic mass is 9.93. The van der Waals surface area contributed by atoms with E-state index in [0.29, 0.717) is 17.3 Å². The van der Waals surface area contributed by atoms with Gasteiger partial charge in [0.2, 0.25) is 11.8 Å². The van der Waals surface area contributed by atoms with E-state index in [1.54, 1.807) is 9.58 Å². The first kappa shape index (κ1) is 15.8. The van der Waals surface area contributed by atoms with Crippen molar-refractivity contribution in [3.63, 3.8) is 0 Å². The van der Waals surface area contributed by atoms with Crippen molar-refractivity contribution in [2.24, 2.45) is 11.7 Å². The highest BCUT2D eigenvalue weighted by Crippen LogP contribution is 2.23. The van der Waals surface area contributed by atoms with Crippen molar-refractivity contribution in [3.8, 4) is 0 Å². The Kier molecular flexibility index (Phi) is 4.56. The van der Waals surface area contributed by atoms with Gasteiger partial charge in [0.05, 0.1) is 22.3 Å². The number of amides is 2. The number of nitrogens with two attached hydrogens (primary N) is 1. The fourth-order valence-corrected chi connectivity index (χ4v) is 2.87. The third kappa shape index (κ3) is 3.20. The summed E-state index contributed by atoms with van der Waals surface area (Å²) in [6.07, 6.45) is 1.53. The quantitative estimate of drug-likeness (QED) is 0.912. The molecule has 0 aromatic carbocycles. The third-order valence-corrected chi connectivity index (χ3v) is 4.73. The van der Waals surface area contributed by atoms with Gasteiger partial charge in [-0.05, 0) is 33.6 Å². The van der Waals surface area contributed by atoms with Crippen molar-refractivity contribution in [2.45, 2.75) is 46.2 Å². The highest BCUT2D eigenvalue weighted by Gasteiger charge is 2.31. The Hall–Kier alpha value is -1.56. The lowest BCUT2D eigenvalue weighted by Gasteiger charge is -2.37. The Bertz CT molecular complexity index is 570. The summed E-state index contributed by atoms with van der Waals surface area (Å²) in [5.74, 6) is -0.654. The molecule has 2 amide bonds. The van der Waals surface area contributed by atoms with Gasteiger partial charge >= 0.3 is 0 Å². The number of aryl methyl sites for hydroxylation is 1. The van der Waals surface area contributed by atoms with Crippen molar-refractivity contribution in [3.05, 3.63) is 16.4 Å². The van der Waals surface area contributed by atoms with E-state index in [2.05, 4.69) is 5.10 Å². The van der Waals surface area contributed by atoms with Gasteiger partial charge in [0.25, 0.3) is 0 Å². The monoisotopic (exact) mass is 312 g/mol. The molecule has 7 heteroatoms. The Labute approximate surface area is 129 Å². The van der Waals surface area contributed by atoms with Crippen molar-refractivity contribution >= 4 is 23.4 Å². The van der Waals surface area contributed by atoms with Gasteiger partial charge in [-0.1, -0.05) is 11.6 Å². The molecular formula is C14H21ClN4O2. The van der Waals surface area contributed by atoms with Crippen molar-refractivity contribution in [2.75, 3.05) is 6.54 Å². The van der Waals surface area contributed by atoms with E-state index < -0.39 is 0 Å². The van der Waals surface area contributed by atoms with Crippen molar-refractivity contribution in [1.82, 2.24) is 14.7 Å². The zero-order valence-electron chi connectivity index (χ0n) is 12.6. The van der Waals surface area contributed by atoms with E-state index in [4.69, 9.17) is 17.3 Å². The van der Waals surface area contributed by atoms with Gasteiger partial charge in [-0.3, -0.25) is 14.3 Å². The van der Waals surface area contributed by atoms with E-state index in [1.807, 2.05) is 20.8 Å². The first-order chi connectivity index (χ1) is 9.81. The topological polar surface area (TPSA) is 81.2 Å². The minimum Gasteiger partial charge on any atom is -0.369 e.